The number of rotatable bonds is 7. The van der Waals surface area contributed by atoms with Crippen LogP contribution in [-0.2, 0) is 6.54 Å². The van der Waals surface area contributed by atoms with Gasteiger partial charge in [0.05, 0.1) is 6.20 Å². The summed E-state index contributed by atoms with van der Waals surface area (Å²) >= 11 is 0. The minimum absolute atomic E-state index is 0.132. The van der Waals surface area contributed by atoms with Crippen LogP contribution in [0.5, 0.6) is 0 Å². The summed E-state index contributed by atoms with van der Waals surface area (Å²) in [7, 11) is 0. The van der Waals surface area contributed by atoms with E-state index in [-0.39, 0.29) is 23.9 Å². The quantitative estimate of drug-likeness (QED) is 0.317. The molecule has 0 radical (unpaired) electrons. The maximum absolute atomic E-state index is 13.1. The highest BCUT2D eigenvalue weighted by molar-refractivity contribution is 6.04. The molecule has 4 amide bonds. The number of nitrogens with zero attached hydrogens (tertiary/aromatic N) is 2. The summed E-state index contributed by atoms with van der Waals surface area (Å²) in [5, 5.41) is 11.5. The molecule has 4 N–H and O–H groups in total. The van der Waals surface area contributed by atoms with Gasteiger partial charge in [-0.05, 0) is 61.2 Å². The van der Waals surface area contributed by atoms with Crippen molar-refractivity contribution in [1.82, 2.24) is 20.0 Å². The third-order valence-electron chi connectivity index (χ3n) is 5.96. The number of pyridine rings is 1. The molecule has 2 aromatic carbocycles. The predicted molar refractivity (Wildman–Crippen MR) is 137 cm³/mol. The van der Waals surface area contributed by atoms with Gasteiger partial charge in [-0.15, -0.1) is 0 Å². The van der Waals surface area contributed by atoms with Crippen molar-refractivity contribution in [3.05, 3.63) is 95.4 Å². The van der Waals surface area contributed by atoms with Gasteiger partial charge in [0.2, 0.25) is 0 Å². The molecule has 1 aliphatic rings. The van der Waals surface area contributed by atoms with Gasteiger partial charge in [-0.2, -0.15) is 0 Å². The molecule has 4 aromatic rings. The molecule has 36 heavy (non-hydrogen) atoms. The van der Waals surface area contributed by atoms with Crippen molar-refractivity contribution in [3.63, 3.8) is 0 Å². The first-order chi connectivity index (χ1) is 17.5. The lowest BCUT2D eigenvalue weighted by atomic mass is 10.1. The van der Waals surface area contributed by atoms with Crippen LogP contribution in [0.25, 0.3) is 5.65 Å². The zero-order valence-corrected chi connectivity index (χ0v) is 19.7. The Bertz CT molecular complexity index is 1440. The summed E-state index contributed by atoms with van der Waals surface area (Å²) in [4.78, 5) is 41.9. The number of aryl methyl sites for hydroxylation is 1. The third-order valence-corrected chi connectivity index (χ3v) is 5.96. The van der Waals surface area contributed by atoms with Gasteiger partial charge >= 0.3 is 6.03 Å². The molecular formula is C27H26N6O3. The predicted octanol–water partition coefficient (Wildman–Crippen LogP) is 4.11. The highest BCUT2D eigenvalue weighted by Gasteiger charge is 2.24. The Balaban J connectivity index is 1.24. The highest BCUT2D eigenvalue weighted by Crippen LogP contribution is 2.21. The summed E-state index contributed by atoms with van der Waals surface area (Å²) in [6.45, 7) is 2.19. The van der Waals surface area contributed by atoms with E-state index in [1.54, 1.807) is 22.7 Å². The van der Waals surface area contributed by atoms with Crippen LogP contribution in [0.1, 0.15) is 44.8 Å². The summed E-state index contributed by atoms with van der Waals surface area (Å²) in [5.41, 5.74) is 4.44. The van der Waals surface area contributed by atoms with Crippen molar-refractivity contribution < 1.29 is 14.4 Å². The number of urea groups is 1. The molecule has 1 fully saturated rings. The summed E-state index contributed by atoms with van der Waals surface area (Å²) in [6.07, 6.45) is 5.19. The van der Waals surface area contributed by atoms with Crippen molar-refractivity contribution in [2.24, 2.45) is 0 Å². The van der Waals surface area contributed by atoms with Crippen LogP contribution in [-0.4, -0.2) is 33.3 Å². The molecule has 1 saturated carbocycles. The number of para-hydroxylation sites is 1. The number of aromatic nitrogens is 2. The number of hydrogen-bond donors (Lipinski definition) is 4. The standard InChI is InChI=1S/C27H26N6O3/c1-17-7-8-18(15-29-27(36)31-20-5-3-2-4-6-20)13-22(17)32-26(35)23-16-28-24-14-19(11-12-33(23)24)25(34)30-21-9-10-21/h2-8,11-14,16,21H,9-10,15H2,1H3,(H,30,34)(H,32,35)(H2,29,31,36). The fourth-order valence-corrected chi connectivity index (χ4v) is 3.77. The van der Waals surface area contributed by atoms with Crippen LogP contribution in [0.4, 0.5) is 16.2 Å². The minimum Gasteiger partial charge on any atom is -0.349 e. The topological polar surface area (TPSA) is 117 Å². The van der Waals surface area contributed by atoms with Gasteiger partial charge in [0.25, 0.3) is 11.8 Å². The molecular weight excluding hydrogens is 456 g/mol. The maximum atomic E-state index is 13.1. The Hall–Kier alpha value is -4.66. The third kappa shape index (κ3) is 5.35. The Morgan fingerprint density at radius 2 is 1.78 bits per heavy atom. The molecule has 0 saturated heterocycles. The molecule has 1 aliphatic carbocycles. The number of benzene rings is 2. The van der Waals surface area contributed by atoms with Gasteiger partial charge in [-0.1, -0.05) is 30.3 Å². The van der Waals surface area contributed by atoms with E-state index in [1.165, 1.54) is 6.20 Å². The lowest BCUT2D eigenvalue weighted by Gasteiger charge is -2.12. The fourth-order valence-electron chi connectivity index (χ4n) is 3.77. The van der Waals surface area contributed by atoms with Crippen molar-refractivity contribution in [2.75, 3.05) is 10.6 Å². The van der Waals surface area contributed by atoms with Crippen LogP contribution in [0.15, 0.2) is 73.1 Å². The number of fused-ring (bicyclic) bond motifs is 1. The van der Waals surface area contributed by atoms with Gasteiger partial charge in [0, 0.05) is 35.7 Å². The van der Waals surface area contributed by atoms with Gasteiger partial charge in [0.1, 0.15) is 11.3 Å². The van der Waals surface area contributed by atoms with Crippen LogP contribution >= 0.6 is 0 Å². The zero-order valence-electron chi connectivity index (χ0n) is 19.7. The Kier molecular flexibility index (Phi) is 6.36. The van der Waals surface area contributed by atoms with Crippen molar-refractivity contribution >= 4 is 34.9 Å². The van der Waals surface area contributed by atoms with Gasteiger partial charge < -0.3 is 21.3 Å². The molecule has 2 aromatic heterocycles. The van der Waals surface area contributed by atoms with E-state index < -0.39 is 0 Å². The molecule has 0 aliphatic heterocycles. The SMILES string of the molecule is Cc1ccc(CNC(=O)Nc2ccccc2)cc1NC(=O)c1cnc2cc(C(=O)NC3CC3)ccn12. The number of carbonyl (C=O) groups excluding carboxylic acids is 3. The van der Waals surface area contributed by atoms with E-state index in [4.69, 9.17) is 0 Å². The lowest BCUT2D eigenvalue weighted by Crippen LogP contribution is -2.28. The van der Waals surface area contributed by atoms with Crippen LogP contribution in [0, 0.1) is 6.92 Å². The Morgan fingerprint density at radius 3 is 2.56 bits per heavy atom. The lowest BCUT2D eigenvalue weighted by molar-refractivity contribution is 0.0950. The summed E-state index contributed by atoms with van der Waals surface area (Å²) < 4.78 is 1.65. The van der Waals surface area contributed by atoms with Crippen molar-refractivity contribution in [3.8, 4) is 0 Å². The Labute approximate surface area is 207 Å². The van der Waals surface area contributed by atoms with E-state index in [0.29, 0.717) is 34.8 Å². The van der Waals surface area contributed by atoms with Gasteiger partial charge in [-0.25, -0.2) is 9.78 Å². The van der Waals surface area contributed by atoms with Crippen LogP contribution in [0.3, 0.4) is 0 Å². The first-order valence-corrected chi connectivity index (χ1v) is 11.7. The van der Waals surface area contributed by atoms with Crippen LogP contribution < -0.4 is 21.3 Å². The number of carbonyl (C=O) groups is 3. The fraction of sp³-hybridized carbons (Fsp3) is 0.185. The maximum Gasteiger partial charge on any atom is 0.319 e. The second-order valence-corrected chi connectivity index (χ2v) is 8.81. The molecule has 0 unspecified atom stereocenters. The minimum atomic E-state index is -0.326. The second-order valence-electron chi connectivity index (χ2n) is 8.81. The van der Waals surface area contributed by atoms with Crippen LogP contribution in [0.2, 0.25) is 0 Å². The molecule has 182 valence electrons. The molecule has 9 nitrogen and oxygen atoms in total. The van der Waals surface area contributed by atoms with E-state index in [1.807, 2.05) is 55.5 Å². The molecule has 0 atom stereocenters. The molecule has 9 heteroatoms. The first-order valence-electron chi connectivity index (χ1n) is 11.7. The zero-order chi connectivity index (χ0) is 25.1. The molecule has 0 spiro atoms. The molecule has 5 rings (SSSR count). The number of imidazole rings is 1. The average Bonchev–Trinajstić information content (AvgIpc) is 3.59. The molecule has 0 bridgehead atoms. The number of hydrogen-bond acceptors (Lipinski definition) is 4. The normalized spacial score (nSPS) is 12.7. The van der Waals surface area contributed by atoms with E-state index in [9.17, 15) is 14.4 Å². The van der Waals surface area contributed by atoms with Gasteiger partial charge in [-0.3, -0.25) is 14.0 Å². The van der Waals surface area contributed by atoms with Gasteiger partial charge in [0.15, 0.2) is 0 Å². The number of amides is 4. The summed E-state index contributed by atoms with van der Waals surface area (Å²) in [6, 6.07) is 18.1. The second kappa shape index (κ2) is 9.91. The first kappa shape index (κ1) is 23.1. The summed E-state index contributed by atoms with van der Waals surface area (Å²) in [5.74, 6) is -0.458. The average molecular weight is 483 g/mol. The smallest absolute Gasteiger partial charge is 0.319 e. The monoisotopic (exact) mass is 482 g/mol. The number of nitrogens with one attached hydrogen (secondary N) is 4. The van der Waals surface area contributed by atoms with Crippen molar-refractivity contribution in [2.45, 2.75) is 32.4 Å². The Morgan fingerprint density at radius 1 is 0.972 bits per heavy atom. The van der Waals surface area contributed by atoms with E-state index in [2.05, 4.69) is 26.3 Å². The molecule has 2 heterocycles. The van der Waals surface area contributed by atoms with E-state index >= 15 is 0 Å². The largest absolute Gasteiger partial charge is 0.349 e. The van der Waals surface area contributed by atoms with E-state index in [0.717, 1.165) is 24.0 Å². The highest BCUT2D eigenvalue weighted by atomic mass is 16.2. The van der Waals surface area contributed by atoms with Crippen molar-refractivity contribution in [1.29, 1.82) is 0 Å². The number of anilines is 2.